The lowest BCUT2D eigenvalue weighted by Gasteiger charge is -2.21. The maximum Gasteiger partial charge on any atom is 0.227 e. The van der Waals surface area contributed by atoms with Gasteiger partial charge in [-0.15, -0.1) is 0 Å². The first kappa shape index (κ1) is 16.3. The zero-order chi connectivity index (χ0) is 17.7. The predicted molar refractivity (Wildman–Crippen MR) is 102 cm³/mol. The fraction of sp³-hybridized carbons (Fsp3) is 0.636. The summed E-state index contributed by atoms with van der Waals surface area (Å²) in [6.45, 7) is 0. The second-order valence-electron chi connectivity index (χ2n) is 9.12. The van der Waals surface area contributed by atoms with Crippen LogP contribution in [0.1, 0.15) is 51.4 Å². The van der Waals surface area contributed by atoms with Crippen LogP contribution in [0.4, 0.5) is 11.4 Å². The molecule has 4 nitrogen and oxygen atoms in total. The average molecular weight is 352 g/mol. The minimum absolute atomic E-state index is 0.177. The summed E-state index contributed by atoms with van der Waals surface area (Å²) in [6.07, 6.45) is 9.67. The lowest BCUT2D eigenvalue weighted by Crippen LogP contribution is -2.27. The van der Waals surface area contributed by atoms with E-state index in [-0.39, 0.29) is 23.7 Å². The maximum atomic E-state index is 12.5. The molecule has 6 atom stereocenters. The van der Waals surface area contributed by atoms with Crippen LogP contribution in [0.25, 0.3) is 0 Å². The van der Waals surface area contributed by atoms with Gasteiger partial charge in [0.05, 0.1) is 0 Å². The molecule has 4 aliphatic carbocycles. The molecule has 1 aromatic carbocycles. The second-order valence-corrected chi connectivity index (χ2v) is 9.12. The minimum Gasteiger partial charge on any atom is -0.326 e. The summed E-state index contributed by atoms with van der Waals surface area (Å²) >= 11 is 0. The van der Waals surface area contributed by atoms with Gasteiger partial charge < -0.3 is 10.6 Å². The third-order valence-corrected chi connectivity index (χ3v) is 7.57. The summed E-state index contributed by atoms with van der Waals surface area (Å²) in [5.41, 5.74) is 1.66. The molecule has 5 rings (SSSR count). The van der Waals surface area contributed by atoms with Crippen LogP contribution in [-0.4, -0.2) is 11.8 Å². The first-order chi connectivity index (χ1) is 12.7. The van der Waals surface area contributed by atoms with E-state index in [9.17, 15) is 9.59 Å². The fourth-order valence-electron chi connectivity index (χ4n) is 6.24. The Balaban J connectivity index is 1.17. The summed E-state index contributed by atoms with van der Waals surface area (Å²) in [5, 5.41) is 6.15. The second kappa shape index (κ2) is 6.40. The number of fused-ring (bicyclic) bond motifs is 4. The number of amides is 2. The van der Waals surface area contributed by atoms with Crippen molar-refractivity contribution in [2.45, 2.75) is 51.4 Å². The van der Waals surface area contributed by atoms with E-state index in [0.717, 1.165) is 36.1 Å². The van der Waals surface area contributed by atoms with E-state index in [2.05, 4.69) is 10.6 Å². The smallest absolute Gasteiger partial charge is 0.227 e. The van der Waals surface area contributed by atoms with Gasteiger partial charge in [0, 0.05) is 23.2 Å². The topological polar surface area (TPSA) is 58.2 Å². The van der Waals surface area contributed by atoms with Crippen molar-refractivity contribution in [3.63, 3.8) is 0 Å². The number of nitrogens with one attached hydrogen (secondary N) is 2. The van der Waals surface area contributed by atoms with E-state index in [1.807, 2.05) is 24.3 Å². The van der Waals surface area contributed by atoms with Gasteiger partial charge in [0.15, 0.2) is 0 Å². The van der Waals surface area contributed by atoms with Crippen molar-refractivity contribution in [1.29, 1.82) is 0 Å². The number of hydrogen-bond donors (Lipinski definition) is 2. The number of anilines is 2. The fourth-order valence-corrected chi connectivity index (χ4v) is 6.24. The molecular formula is C22H28N2O2. The number of carbonyl (C=O) groups excluding carboxylic acids is 2. The summed E-state index contributed by atoms with van der Waals surface area (Å²) in [6, 6.07) is 7.62. The van der Waals surface area contributed by atoms with Crippen molar-refractivity contribution in [3.8, 4) is 0 Å². The van der Waals surface area contributed by atoms with Crippen molar-refractivity contribution < 1.29 is 9.59 Å². The summed E-state index contributed by atoms with van der Waals surface area (Å²) in [5.74, 6) is 3.50. The molecule has 0 unspecified atom stereocenters. The zero-order valence-electron chi connectivity index (χ0n) is 15.2. The first-order valence-electron chi connectivity index (χ1n) is 10.4. The first-order valence-corrected chi connectivity index (χ1v) is 10.4. The van der Waals surface area contributed by atoms with Gasteiger partial charge in [-0.1, -0.05) is 12.8 Å². The molecule has 4 heteroatoms. The SMILES string of the molecule is O=C(Nc1ccc(NC(=O)[C@@H]2C[C@H]3CC[C@@H]2C3)cc1)[C@H]1C[C@H]2CC[C@H]1C2. The summed E-state index contributed by atoms with van der Waals surface area (Å²) in [4.78, 5) is 25.1. The lowest BCUT2D eigenvalue weighted by molar-refractivity contribution is -0.122. The van der Waals surface area contributed by atoms with Crippen LogP contribution < -0.4 is 10.6 Å². The van der Waals surface area contributed by atoms with Crippen LogP contribution >= 0.6 is 0 Å². The Labute approximate surface area is 155 Å². The molecule has 4 saturated carbocycles. The molecule has 0 aromatic heterocycles. The van der Waals surface area contributed by atoms with Crippen LogP contribution in [0.2, 0.25) is 0 Å². The van der Waals surface area contributed by atoms with Crippen molar-refractivity contribution >= 4 is 23.2 Å². The molecule has 0 aliphatic heterocycles. The summed E-state index contributed by atoms with van der Waals surface area (Å²) < 4.78 is 0. The Hall–Kier alpha value is -1.84. The van der Waals surface area contributed by atoms with Crippen LogP contribution in [0.15, 0.2) is 24.3 Å². The number of benzene rings is 1. The summed E-state index contributed by atoms with van der Waals surface area (Å²) in [7, 11) is 0. The third kappa shape index (κ3) is 2.93. The van der Waals surface area contributed by atoms with Gasteiger partial charge in [-0.05, 0) is 86.5 Å². The van der Waals surface area contributed by atoms with Crippen LogP contribution in [0.5, 0.6) is 0 Å². The molecule has 4 aliphatic rings. The van der Waals surface area contributed by atoms with Crippen molar-refractivity contribution in [3.05, 3.63) is 24.3 Å². The largest absolute Gasteiger partial charge is 0.326 e. The van der Waals surface area contributed by atoms with Gasteiger partial charge in [-0.3, -0.25) is 9.59 Å². The van der Waals surface area contributed by atoms with Crippen molar-refractivity contribution in [1.82, 2.24) is 0 Å². The van der Waals surface area contributed by atoms with E-state index < -0.39 is 0 Å². The molecule has 4 fully saturated rings. The standard InChI is InChI=1S/C22H28N2O2/c25-21(19-11-13-1-3-15(19)9-13)23-17-5-7-18(8-6-17)24-22(26)20-12-14-2-4-16(20)10-14/h5-8,13-16,19-20H,1-4,9-12H2,(H,23,25)(H,24,26)/t13-,14-,15-,16+,19-,20+/m0/s1. The van der Waals surface area contributed by atoms with Gasteiger partial charge in [0.2, 0.25) is 11.8 Å². The maximum absolute atomic E-state index is 12.5. The predicted octanol–water partition coefficient (Wildman–Crippen LogP) is 4.44. The molecular weight excluding hydrogens is 324 g/mol. The molecule has 0 spiro atoms. The number of rotatable bonds is 4. The minimum atomic E-state index is 0.177. The zero-order valence-corrected chi connectivity index (χ0v) is 15.2. The molecule has 26 heavy (non-hydrogen) atoms. The number of carbonyl (C=O) groups is 2. The monoisotopic (exact) mass is 352 g/mol. The van der Waals surface area contributed by atoms with Gasteiger partial charge in [0.1, 0.15) is 0 Å². The molecule has 2 N–H and O–H groups in total. The van der Waals surface area contributed by atoms with Gasteiger partial charge in [-0.25, -0.2) is 0 Å². The molecule has 1 aromatic rings. The Bertz CT molecular complexity index is 652. The molecule has 0 heterocycles. The average Bonchev–Trinajstić information content (AvgIpc) is 3.43. The van der Waals surface area contributed by atoms with Gasteiger partial charge in [0.25, 0.3) is 0 Å². The molecule has 0 radical (unpaired) electrons. The van der Waals surface area contributed by atoms with Gasteiger partial charge >= 0.3 is 0 Å². The third-order valence-electron chi connectivity index (χ3n) is 7.57. The Morgan fingerprint density at radius 3 is 1.38 bits per heavy atom. The van der Waals surface area contributed by atoms with E-state index in [0.29, 0.717) is 11.8 Å². The highest BCUT2D eigenvalue weighted by molar-refractivity contribution is 5.95. The van der Waals surface area contributed by atoms with E-state index in [4.69, 9.17) is 0 Å². The highest BCUT2D eigenvalue weighted by Crippen LogP contribution is 2.49. The van der Waals surface area contributed by atoms with Gasteiger partial charge in [-0.2, -0.15) is 0 Å². The van der Waals surface area contributed by atoms with Crippen molar-refractivity contribution in [2.24, 2.45) is 35.5 Å². The van der Waals surface area contributed by atoms with Crippen LogP contribution in [-0.2, 0) is 9.59 Å². The molecule has 138 valence electrons. The van der Waals surface area contributed by atoms with E-state index in [1.165, 1.54) is 38.5 Å². The molecule has 4 bridgehead atoms. The lowest BCUT2D eigenvalue weighted by atomic mass is 9.88. The van der Waals surface area contributed by atoms with E-state index in [1.54, 1.807) is 0 Å². The quantitative estimate of drug-likeness (QED) is 0.842. The normalized spacial score (nSPS) is 37.1. The Morgan fingerprint density at radius 1 is 0.654 bits per heavy atom. The Kier molecular flexibility index (Phi) is 4.02. The van der Waals surface area contributed by atoms with Crippen molar-refractivity contribution in [2.75, 3.05) is 10.6 Å². The van der Waals surface area contributed by atoms with Crippen LogP contribution in [0, 0.1) is 35.5 Å². The Morgan fingerprint density at radius 2 is 1.08 bits per heavy atom. The highest BCUT2D eigenvalue weighted by atomic mass is 16.2. The van der Waals surface area contributed by atoms with Crippen LogP contribution in [0.3, 0.4) is 0 Å². The molecule has 2 amide bonds. The highest BCUT2D eigenvalue weighted by Gasteiger charge is 2.44. The molecule has 0 saturated heterocycles. The number of hydrogen-bond acceptors (Lipinski definition) is 2. The van der Waals surface area contributed by atoms with E-state index >= 15 is 0 Å².